The molecule has 1 aliphatic heterocycles. The van der Waals surface area contributed by atoms with Gasteiger partial charge in [-0.05, 0) is 31.0 Å². The number of amides is 1. The molecule has 0 spiro atoms. The molecule has 2 heterocycles. The minimum atomic E-state index is -0.502. The summed E-state index contributed by atoms with van der Waals surface area (Å²) >= 11 is 5.87. The monoisotopic (exact) mass is 354 g/mol. The van der Waals surface area contributed by atoms with Crippen molar-refractivity contribution < 1.29 is 23.4 Å². The summed E-state index contributed by atoms with van der Waals surface area (Å²) in [5.41, 5.74) is 0.160. The summed E-state index contributed by atoms with van der Waals surface area (Å²) in [7, 11) is 0. The third kappa shape index (κ3) is 3.85. The third-order valence-corrected chi connectivity index (χ3v) is 4.00. The number of hydrogen-bond acceptors (Lipinski definition) is 5. The first-order valence-electron chi connectivity index (χ1n) is 7.52. The lowest BCUT2D eigenvalue weighted by atomic mass is 10.1. The van der Waals surface area contributed by atoms with Crippen molar-refractivity contribution in [2.24, 2.45) is 0 Å². The summed E-state index contributed by atoms with van der Waals surface area (Å²) < 4.78 is 23.6. The zero-order chi connectivity index (χ0) is 17.1. The number of ether oxygens (including phenoxy) is 1. The van der Waals surface area contributed by atoms with Crippen LogP contribution in [0.5, 0.6) is 5.75 Å². The number of oxazole rings is 1. The number of piperidine rings is 1. The molecular weight excluding hydrogens is 339 g/mol. The molecule has 1 N–H and O–H groups in total. The van der Waals surface area contributed by atoms with Gasteiger partial charge in [0.05, 0.1) is 11.1 Å². The van der Waals surface area contributed by atoms with Crippen molar-refractivity contribution in [1.29, 1.82) is 0 Å². The lowest BCUT2D eigenvalue weighted by molar-refractivity contribution is 0.0469. The van der Waals surface area contributed by atoms with E-state index < -0.39 is 11.9 Å². The second kappa shape index (κ2) is 7.19. The van der Waals surface area contributed by atoms with Gasteiger partial charge in [0.1, 0.15) is 17.8 Å². The Morgan fingerprint density at radius 3 is 3.12 bits per heavy atom. The maximum absolute atomic E-state index is 13.0. The van der Waals surface area contributed by atoms with Gasteiger partial charge >= 0.3 is 0 Å². The Balaban J connectivity index is 1.62. The second-order valence-electron chi connectivity index (χ2n) is 5.54. The van der Waals surface area contributed by atoms with Crippen molar-refractivity contribution >= 4 is 17.5 Å². The first-order chi connectivity index (χ1) is 11.5. The van der Waals surface area contributed by atoms with Gasteiger partial charge in [-0.15, -0.1) is 0 Å². The Morgan fingerprint density at radius 1 is 1.54 bits per heavy atom. The van der Waals surface area contributed by atoms with Crippen LogP contribution in [0.2, 0.25) is 5.02 Å². The molecule has 1 fully saturated rings. The van der Waals surface area contributed by atoms with Crippen LogP contribution in [-0.4, -0.2) is 40.1 Å². The SMILES string of the molecule is O=C(c1coc(COc2ccc(F)cc2Cl)n1)N1CCCC(O)C1. The molecule has 2 aromatic rings. The van der Waals surface area contributed by atoms with E-state index in [4.69, 9.17) is 20.8 Å². The van der Waals surface area contributed by atoms with Crippen molar-refractivity contribution in [2.45, 2.75) is 25.6 Å². The zero-order valence-electron chi connectivity index (χ0n) is 12.7. The Labute approximate surface area is 142 Å². The number of hydrogen-bond donors (Lipinski definition) is 1. The van der Waals surface area contributed by atoms with Gasteiger partial charge < -0.3 is 19.2 Å². The van der Waals surface area contributed by atoms with E-state index in [-0.39, 0.29) is 29.1 Å². The fraction of sp³-hybridized carbons (Fsp3) is 0.375. The number of aliphatic hydroxyl groups is 1. The number of rotatable bonds is 4. The zero-order valence-corrected chi connectivity index (χ0v) is 13.5. The van der Waals surface area contributed by atoms with E-state index in [0.717, 1.165) is 12.5 Å². The minimum absolute atomic E-state index is 0.0404. The van der Waals surface area contributed by atoms with Gasteiger partial charge in [0.2, 0.25) is 5.89 Å². The number of halogens is 2. The molecule has 1 aromatic carbocycles. The highest BCUT2D eigenvalue weighted by molar-refractivity contribution is 6.32. The van der Waals surface area contributed by atoms with E-state index in [1.807, 2.05) is 0 Å². The van der Waals surface area contributed by atoms with Gasteiger partial charge in [-0.1, -0.05) is 11.6 Å². The lowest BCUT2D eigenvalue weighted by Gasteiger charge is -2.29. The van der Waals surface area contributed by atoms with Crippen molar-refractivity contribution in [3.05, 3.63) is 46.9 Å². The first-order valence-corrected chi connectivity index (χ1v) is 7.90. The fourth-order valence-electron chi connectivity index (χ4n) is 2.51. The van der Waals surface area contributed by atoms with Gasteiger partial charge in [0.15, 0.2) is 12.3 Å². The standard InChI is InChI=1S/C16H16ClFN2O4/c17-12-6-10(18)3-4-14(12)23-9-15-19-13(8-24-15)16(22)20-5-1-2-11(21)7-20/h3-4,6,8,11,21H,1-2,5,7,9H2. The van der Waals surface area contributed by atoms with Crippen LogP contribution >= 0.6 is 11.6 Å². The molecule has 0 saturated carbocycles. The Morgan fingerprint density at radius 2 is 2.38 bits per heavy atom. The van der Waals surface area contributed by atoms with Crippen LogP contribution in [0.25, 0.3) is 0 Å². The number of nitrogens with zero attached hydrogens (tertiary/aromatic N) is 2. The highest BCUT2D eigenvalue weighted by Crippen LogP contribution is 2.25. The molecular formula is C16H16ClFN2O4. The summed E-state index contributed by atoms with van der Waals surface area (Å²) in [4.78, 5) is 18.0. The summed E-state index contributed by atoms with van der Waals surface area (Å²) in [6, 6.07) is 3.78. The number of aliphatic hydroxyl groups excluding tert-OH is 1. The van der Waals surface area contributed by atoms with E-state index in [0.29, 0.717) is 25.3 Å². The fourth-order valence-corrected chi connectivity index (χ4v) is 2.73. The average Bonchev–Trinajstić information content (AvgIpc) is 3.02. The van der Waals surface area contributed by atoms with E-state index in [9.17, 15) is 14.3 Å². The van der Waals surface area contributed by atoms with Crippen molar-refractivity contribution in [3.63, 3.8) is 0 Å². The number of carbonyl (C=O) groups excluding carboxylic acids is 1. The normalized spacial score (nSPS) is 17.8. The quantitative estimate of drug-likeness (QED) is 0.913. The Hall–Kier alpha value is -2.12. The van der Waals surface area contributed by atoms with Gasteiger partial charge in [-0.3, -0.25) is 4.79 Å². The van der Waals surface area contributed by atoms with Crippen molar-refractivity contribution in [1.82, 2.24) is 9.88 Å². The summed E-state index contributed by atoms with van der Waals surface area (Å²) in [6.45, 7) is 0.837. The van der Waals surface area contributed by atoms with Crippen LogP contribution in [-0.2, 0) is 6.61 Å². The number of likely N-dealkylation sites (tertiary alicyclic amines) is 1. The van der Waals surface area contributed by atoms with Crippen LogP contribution in [0, 0.1) is 5.82 Å². The molecule has 3 rings (SSSR count). The van der Waals surface area contributed by atoms with Gasteiger partial charge in [-0.2, -0.15) is 0 Å². The van der Waals surface area contributed by atoms with E-state index >= 15 is 0 Å². The Kier molecular flexibility index (Phi) is 5.01. The van der Waals surface area contributed by atoms with Crippen LogP contribution in [0.15, 0.2) is 28.9 Å². The predicted octanol–water partition coefficient (Wildman–Crippen LogP) is 2.64. The maximum atomic E-state index is 13.0. The smallest absolute Gasteiger partial charge is 0.275 e. The van der Waals surface area contributed by atoms with Crippen LogP contribution in [0.4, 0.5) is 4.39 Å². The van der Waals surface area contributed by atoms with E-state index in [1.54, 1.807) is 4.90 Å². The first kappa shape index (κ1) is 16.7. The van der Waals surface area contributed by atoms with Crippen molar-refractivity contribution in [3.8, 4) is 5.75 Å². The molecule has 1 aliphatic rings. The summed E-state index contributed by atoms with van der Waals surface area (Å²) in [5, 5.41) is 9.78. The number of benzene rings is 1. The third-order valence-electron chi connectivity index (χ3n) is 3.70. The molecule has 0 bridgehead atoms. The molecule has 1 unspecified atom stereocenters. The second-order valence-corrected chi connectivity index (χ2v) is 5.94. The molecule has 1 amide bonds. The molecule has 0 aliphatic carbocycles. The van der Waals surface area contributed by atoms with Crippen LogP contribution in [0.1, 0.15) is 29.2 Å². The summed E-state index contributed by atoms with van der Waals surface area (Å²) in [5.74, 6) is -0.247. The van der Waals surface area contributed by atoms with Crippen LogP contribution < -0.4 is 4.74 Å². The Bertz CT molecular complexity index is 737. The molecule has 8 heteroatoms. The average molecular weight is 355 g/mol. The minimum Gasteiger partial charge on any atom is -0.482 e. The lowest BCUT2D eigenvalue weighted by Crippen LogP contribution is -2.42. The van der Waals surface area contributed by atoms with Crippen LogP contribution in [0.3, 0.4) is 0 Å². The molecule has 24 heavy (non-hydrogen) atoms. The van der Waals surface area contributed by atoms with Gasteiger partial charge in [-0.25, -0.2) is 9.37 Å². The maximum Gasteiger partial charge on any atom is 0.275 e. The van der Waals surface area contributed by atoms with E-state index in [1.165, 1.54) is 18.4 Å². The molecule has 128 valence electrons. The van der Waals surface area contributed by atoms with Gasteiger partial charge in [0, 0.05) is 13.1 Å². The number of aromatic nitrogens is 1. The molecule has 1 atom stereocenters. The highest BCUT2D eigenvalue weighted by Gasteiger charge is 2.25. The largest absolute Gasteiger partial charge is 0.482 e. The topological polar surface area (TPSA) is 75.8 Å². The summed E-state index contributed by atoms with van der Waals surface area (Å²) in [6.07, 6.45) is 2.20. The number of β-amino-alcohol motifs (C(OH)–C–C–N with tert-alkyl or cyclic N) is 1. The van der Waals surface area contributed by atoms with Crippen molar-refractivity contribution in [2.75, 3.05) is 13.1 Å². The molecule has 1 saturated heterocycles. The van der Waals surface area contributed by atoms with Gasteiger partial charge in [0.25, 0.3) is 5.91 Å². The highest BCUT2D eigenvalue weighted by atomic mass is 35.5. The predicted molar refractivity (Wildman–Crippen MR) is 83.4 cm³/mol. The number of carbonyl (C=O) groups is 1. The molecule has 1 aromatic heterocycles. The van der Waals surface area contributed by atoms with E-state index in [2.05, 4.69) is 4.98 Å². The molecule has 0 radical (unpaired) electrons. The molecule has 6 nitrogen and oxygen atoms in total.